The van der Waals surface area contributed by atoms with Gasteiger partial charge in [0.25, 0.3) is 5.91 Å². The summed E-state index contributed by atoms with van der Waals surface area (Å²) in [5.41, 5.74) is 1.29. The van der Waals surface area contributed by atoms with Crippen LogP contribution in [0.1, 0.15) is 11.5 Å². The molecule has 1 saturated heterocycles. The van der Waals surface area contributed by atoms with Gasteiger partial charge in [-0.15, -0.1) is 11.8 Å². The Morgan fingerprint density at radius 1 is 1.67 bits per heavy atom. The first-order valence-corrected chi connectivity index (χ1v) is 6.09. The monoisotopic (exact) mass is 264 g/mol. The third kappa shape index (κ3) is 1.47. The molecule has 1 fully saturated rings. The SMILES string of the molecule is Cc1cc(/C=C2\C(=O)N3C(C(=O)O)=CS[C@H]23)on1. The second-order valence-corrected chi connectivity index (χ2v) is 4.90. The smallest absolute Gasteiger partial charge is 0.353 e. The number of aryl methyl sites for hydroxylation is 1. The number of rotatable bonds is 2. The van der Waals surface area contributed by atoms with E-state index in [1.54, 1.807) is 19.1 Å². The number of hydrogen-bond donors (Lipinski definition) is 1. The lowest BCUT2D eigenvalue weighted by Gasteiger charge is -2.36. The number of carbonyl (C=O) groups is 2. The van der Waals surface area contributed by atoms with Gasteiger partial charge in [0.05, 0.1) is 11.3 Å². The van der Waals surface area contributed by atoms with Crippen LogP contribution < -0.4 is 0 Å². The minimum Gasteiger partial charge on any atom is -0.477 e. The molecule has 0 bridgehead atoms. The molecular formula is C11H8N2O4S. The van der Waals surface area contributed by atoms with Crippen molar-refractivity contribution in [3.05, 3.63) is 34.2 Å². The van der Waals surface area contributed by atoms with Crippen LogP contribution in [0.4, 0.5) is 0 Å². The van der Waals surface area contributed by atoms with Crippen LogP contribution in [0.3, 0.4) is 0 Å². The Labute approximate surface area is 106 Å². The summed E-state index contributed by atoms with van der Waals surface area (Å²) in [6, 6.07) is 1.72. The normalized spacial score (nSPS) is 23.9. The number of carboxylic acids is 1. The highest BCUT2D eigenvalue weighted by molar-refractivity contribution is 8.03. The van der Waals surface area contributed by atoms with Gasteiger partial charge in [-0.3, -0.25) is 9.69 Å². The Hall–Kier alpha value is -2.02. The number of fused-ring (bicyclic) bond motifs is 1. The fraction of sp³-hybridized carbons (Fsp3) is 0.182. The predicted octanol–water partition coefficient (Wildman–Crippen LogP) is 1.21. The van der Waals surface area contributed by atoms with Gasteiger partial charge in [0.2, 0.25) is 0 Å². The van der Waals surface area contributed by atoms with E-state index < -0.39 is 5.97 Å². The third-order valence-electron chi connectivity index (χ3n) is 2.70. The Bertz CT molecular complexity index is 616. The van der Waals surface area contributed by atoms with E-state index in [1.807, 2.05) is 0 Å². The third-order valence-corrected chi connectivity index (χ3v) is 3.78. The Balaban J connectivity index is 1.86. The van der Waals surface area contributed by atoms with Gasteiger partial charge in [0, 0.05) is 11.5 Å². The highest BCUT2D eigenvalue weighted by atomic mass is 32.2. The second-order valence-electron chi connectivity index (χ2n) is 3.94. The van der Waals surface area contributed by atoms with Crippen molar-refractivity contribution in [1.82, 2.24) is 10.1 Å². The number of amides is 1. The summed E-state index contributed by atoms with van der Waals surface area (Å²) in [5, 5.41) is 13.9. The van der Waals surface area contributed by atoms with Gasteiger partial charge in [-0.2, -0.15) is 0 Å². The van der Waals surface area contributed by atoms with E-state index in [0.717, 1.165) is 5.69 Å². The van der Waals surface area contributed by atoms with E-state index in [-0.39, 0.29) is 17.0 Å². The van der Waals surface area contributed by atoms with E-state index in [4.69, 9.17) is 9.63 Å². The lowest BCUT2D eigenvalue weighted by atomic mass is 10.0. The molecule has 1 N–H and O–H groups in total. The Morgan fingerprint density at radius 3 is 3.06 bits per heavy atom. The van der Waals surface area contributed by atoms with Gasteiger partial charge in [-0.25, -0.2) is 4.79 Å². The van der Waals surface area contributed by atoms with Crippen LogP contribution >= 0.6 is 11.8 Å². The average molecular weight is 264 g/mol. The highest BCUT2D eigenvalue weighted by Gasteiger charge is 2.49. The number of β-lactam (4-membered cyclic amide) rings is 1. The van der Waals surface area contributed by atoms with Crippen molar-refractivity contribution in [3.8, 4) is 0 Å². The van der Waals surface area contributed by atoms with Crippen molar-refractivity contribution in [2.75, 3.05) is 0 Å². The summed E-state index contributed by atoms with van der Waals surface area (Å²) < 4.78 is 5.00. The number of nitrogens with zero attached hydrogens (tertiary/aromatic N) is 2. The van der Waals surface area contributed by atoms with Crippen LogP contribution in [0.15, 0.2) is 27.3 Å². The van der Waals surface area contributed by atoms with E-state index >= 15 is 0 Å². The second kappa shape index (κ2) is 3.74. The van der Waals surface area contributed by atoms with Crippen LogP contribution in [-0.4, -0.2) is 32.4 Å². The van der Waals surface area contributed by atoms with Crippen molar-refractivity contribution in [2.24, 2.45) is 0 Å². The predicted molar refractivity (Wildman–Crippen MR) is 63.2 cm³/mol. The first-order valence-electron chi connectivity index (χ1n) is 5.15. The molecule has 0 spiro atoms. The van der Waals surface area contributed by atoms with Crippen molar-refractivity contribution in [2.45, 2.75) is 12.3 Å². The van der Waals surface area contributed by atoms with Crippen molar-refractivity contribution < 1.29 is 19.2 Å². The topological polar surface area (TPSA) is 83.6 Å². The zero-order chi connectivity index (χ0) is 12.9. The molecule has 92 valence electrons. The van der Waals surface area contributed by atoms with Gasteiger partial charge >= 0.3 is 5.97 Å². The molecule has 0 radical (unpaired) electrons. The maximum absolute atomic E-state index is 11.8. The summed E-state index contributed by atoms with van der Waals surface area (Å²) >= 11 is 1.30. The number of hydrogen-bond acceptors (Lipinski definition) is 5. The molecule has 7 heteroatoms. The van der Waals surface area contributed by atoms with Gasteiger partial charge in [-0.1, -0.05) is 5.16 Å². The molecule has 0 saturated carbocycles. The largest absolute Gasteiger partial charge is 0.477 e. The summed E-state index contributed by atoms with van der Waals surface area (Å²) in [5.74, 6) is -0.888. The van der Waals surface area contributed by atoms with Crippen LogP contribution in [-0.2, 0) is 9.59 Å². The van der Waals surface area contributed by atoms with Crippen LogP contribution in [0, 0.1) is 6.92 Å². The molecule has 0 aliphatic carbocycles. The fourth-order valence-electron chi connectivity index (χ4n) is 1.87. The summed E-state index contributed by atoms with van der Waals surface area (Å²) in [4.78, 5) is 24.0. The van der Waals surface area contributed by atoms with E-state index in [0.29, 0.717) is 11.3 Å². The lowest BCUT2D eigenvalue weighted by Crippen LogP contribution is -2.51. The molecule has 18 heavy (non-hydrogen) atoms. The van der Waals surface area contributed by atoms with Crippen LogP contribution in [0.25, 0.3) is 6.08 Å². The first kappa shape index (κ1) is 11.1. The summed E-state index contributed by atoms with van der Waals surface area (Å²) in [6.07, 6.45) is 1.61. The quantitative estimate of drug-likeness (QED) is 0.638. The minimum absolute atomic E-state index is 0.0286. The molecule has 1 amide bonds. The van der Waals surface area contributed by atoms with Crippen molar-refractivity contribution in [1.29, 1.82) is 0 Å². The average Bonchev–Trinajstić information content (AvgIpc) is 2.89. The number of carboxylic acid groups (broad SMARTS) is 1. The van der Waals surface area contributed by atoms with Crippen molar-refractivity contribution in [3.63, 3.8) is 0 Å². The molecule has 0 aromatic carbocycles. The molecule has 1 atom stereocenters. The van der Waals surface area contributed by atoms with E-state index in [2.05, 4.69) is 5.16 Å². The number of carbonyl (C=O) groups excluding carboxylic acids is 1. The molecular weight excluding hydrogens is 256 g/mol. The van der Waals surface area contributed by atoms with Gasteiger partial charge in [0.15, 0.2) is 5.76 Å². The van der Waals surface area contributed by atoms with E-state index in [1.165, 1.54) is 22.1 Å². The zero-order valence-electron chi connectivity index (χ0n) is 9.28. The Morgan fingerprint density at radius 2 is 2.44 bits per heavy atom. The molecule has 1 aromatic heterocycles. The van der Waals surface area contributed by atoms with Crippen molar-refractivity contribution >= 4 is 29.7 Å². The number of aliphatic carboxylic acids is 1. The molecule has 2 aliphatic heterocycles. The molecule has 3 heterocycles. The molecule has 2 aliphatic rings. The highest BCUT2D eigenvalue weighted by Crippen LogP contribution is 2.45. The maximum atomic E-state index is 11.8. The minimum atomic E-state index is -1.09. The zero-order valence-corrected chi connectivity index (χ0v) is 10.1. The number of aromatic nitrogens is 1. The van der Waals surface area contributed by atoms with E-state index in [9.17, 15) is 9.59 Å². The molecule has 1 aromatic rings. The Kier molecular flexibility index (Phi) is 2.30. The molecule has 3 rings (SSSR count). The molecule has 0 unspecified atom stereocenters. The van der Waals surface area contributed by atoms with Gasteiger partial charge in [0.1, 0.15) is 11.1 Å². The van der Waals surface area contributed by atoms with Crippen LogP contribution in [0.5, 0.6) is 0 Å². The lowest BCUT2D eigenvalue weighted by molar-refractivity contribution is -0.141. The fourth-order valence-corrected chi connectivity index (χ4v) is 2.99. The first-order chi connectivity index (χ1) is 8.58. The van der Waals surface area contributed by atoms with Gasteiger partial charge < -0.3 is 9.63 Å². The number of thioether (sulfide) groups is 1. The maximum Gasteiger partial charge on any atom is 0.353 e. The van der Waals surface area contributed by atoms with Gasteiger partial charge in [-0.05, 0) is 13.0 Å². The van der Waals surface area contributed by atoms with Crippen LogP contribution in [0.2, 0.25) is 0 Å². The molecule has 6 nitrogen and oxygen atoms in total. The summed E-state index contributed by atoms with van der Waals surface area (Å²) in [6.45, 7) is 1.79. The summed E-state index contributed by atoms with van der Waals surface area (Å²) in [7, 11) is 0. The standard InChI is InChI=1S/C11H8N2O4S/c1-5-2-6(17-12-5)3-7-9(14)13-8(11(15)16)4-18-10(7)13/h2-4,10H,1H3,(H,15,16)/b7-3+/t10-/m1/s1.